The smallest absolute Gasteiger partial charge is 0.368 e. The highest BCUT2D eigenvalue weighted by molar-refractivity contribution is 5.97. The number of rotatable bonds is 7. The van der Waals surface area contributed by atoms with E-state index in [1.165, 1.54) is 12.1 Å². The molecule has 2 rings (SSSR count). The van der Waals surface area contributed by atoms with Gasteiger partial charge in [-0.2, -0.15) is 13.2 Å². The van der Waals surface area contributed by atoms with Gasteiger partial charge in [0.15, 0.2) is 0 Å². The highest BCUT2D eigenvalue weighted by Crippen LogP contribution is 2.29. The standard InChI is InChI=1S/C19H18F3N3O3/c20-19(21,22)14-8-4-5-12(9-14)10-15(17(23)27)25-16(26)11-24-18(28)13-6-2-1-3-7-13/h1-9,15H,10-11H2,(H2,23,27)(H,24,28)(H,25,26)/t15-/m0/s1. The minimum atomic E-state index is -4.52. The van der Waals surface area contributed by atoms with Gasteiger partial charge in [0.05, 0.1) is 12.1 Å². The zero-order chi connectivity index (χ0) is 20.7. The van der Waals surface area contributed by atoms with Gasteiger partial charge in [-0.05, 0) is 23.8 Å². The Kier molecular flexibility index (Phi) is 6.75. The lowest BCUT2D eigenvalue weighted by Crippen LogP contribution is -2.49. The van der Waals surface area contributed by atoms with Crippen LogP contribution in [0.5, 0.6) is 0 Å². The number of primary amides is 1. The summed E-state index contributed by atoms with van der Waals surface area (Å²) in [6.45, 7) is -0.417. The van der Waals surface area contributed by atoms with Crippen molar-refractivity contribution in [2.24, 2.45) is 5.73 Å². The normalized spacial score (nSPS) is 12.1. The Morgan fingerprint density at radius 3 is 2.29 bits per heavy atom. The van der Waals surface area contributed by atoms with Crippen molar-refractivity contribution in [3.8, 4) is 0 Å². The number of amides is 3. The quantitative estimate of drug-likeness (QED) is 0.667. The molecule has 6 nitrogen and oxygen atoms in total. The maximum Gasteiger partial charge on any atom is 0.416 e. The van der Waals surface area contributed by atoms with E-state index in [-0.39, 0.29) is 12.0 Å². The van der Waals surface area contributed by atoms with E-state index in [0.717, 1.165) is 12.1 Å². The van der Waals surface area contributed by atoms with E-state index in [9.17, 15) is 27.6 Å². The van der Waals surface area contributed by atoms with Crippen molar-refractivity contribution in [2.45, 2.75) is 18.6 Å². The van der Waals surface area contributed by atoms with E-state index in [1.54, 1.807) is 30.3 Å². The Morgan fingerprint density at radius 2 is 1.68 bits per heavy atom. The van der Waals surface area contributed by atoms with Crippen LogP contribution in [-0.2, 0) is 22.2 Å². The molecule has 0 aromatic heterocycles. The van der Waals surface area contributed by atoms with Crippen molar-refractivity contribution in [1.82, 2.24) is 10.6 Å². The molecule has 2 aromatic carbocycles. The lowest BCUT2D eigenvalue weighted by molar-refractivity contribution is -0.137. The molecule has 28 heavy (non-hydrogen) atoms. The third-order valence-electron chi connectivity index (χ3n) is 3.82. The zero-order valence-electron chi connectivity index (χ0n) is 14.6. The van der Waals surface area contributed by atoms with Gasteiger partial charge in [0, 0.05) is 12.0 Å². The number of hydrogen-bond donors (Lipinski definition) is 3. The lowest BCUT2D eigenvalue weighted by Gasteiger charge is -2.17. The molecule has 9 heteroatoms. The van der Waals surface area contributed by atoms with E-state index in [1.807, 2.05) is 0 Å². The minimum absolute atomic E-state index is 0.187. The summed E-state index contributed by atoms with van der Waals surface area (Å²) in [7, 11) is 0. The number of carbonyl (C=O) groups excluding carboxylic acids is 3. The SMILES string of the molecule is NC(=O)[C@H](Cc1cccc(C(F)(F)F)c1)NC(=O)CNC(=O)c1ccccc1. The van der Waals surface area contributed by atoms with Crippen molar-refractivity contribution in [3.05, 3.63) is 71.3 Å². The first-order chi connectivity index (χ1) is 13.2. The summed E-state index contributed by atoms with van der Waals surface area (Å²) in [6.07, 6.45) is -4.74. The molecule has 148 valence electrons. The summed E-state index contributed by atoms with van der Waals surface area (Å²) in [6, 6.07) is 11.4. The number of benzene rings is 2. The summed E-state index contributed by atoms with van der Waals surface area (Å²) >= 11 is 0. The van der Waals surface area contributed by atoms with Gasteiger partial charge in [-0.3, -0.25) is 14.4 Å². The second-order valence-corrected chi connectivity index (χ2v) is 5.97. The summed E-state index contributed by atoms with van der Waals surface area (Å²) in [4.78, 5) is 35.5. The summed E-state index contributed by atoms with van der Waals surface area (Å²) in [5.74, 6) is -2.08. The van der Waals surface area contributed by atoms with Gasteiger partial charge in [-0.15, -0.1) is 0 Å². The van der Waals surface area contributed by atoms with Crippen LogP contribution in [0, 0.1) is 0 Å². The van der Waals surface area contributed by atoms with E-state index < -0.39 is 42.0 Å². The number of alkyl halides is 3. The van der Waals surface area contributed by atoms with E-state index >= 15 is 0 Å². The molecule has 0 unspecified atom stereocenters. The van der Waals surface area contributed by atoms with Gasteiger partial charge in [0.25, 0.3) is 5.91 Å². The van der Waals surface area contributed by atoms with E-state index in [0.29, 0.717) is 5.56 Å². The molecule has 4 N–H and O–H groups in total. The third kappa shape index (κ3) is 6.11. The summed E-state index contributed by atoms with van der Waals surface area (Å²) < 4.78 is 38.4. The molecular weight excluding hydrogens is 375 g/mol. The average Bonchev–Trinajstić information content (AvgIpc) is 2.65. The maximum atomic E-state index is 12.8. The molecular formula is C19H18F3N3O3. The van der Waals surface area contributed by atoms with Crippen molar-refractivity contribution in [3.63, 3.8) is 0 Å². The molecule has 0 aliphatic carbocycles. The predicted octanol–water partition coefficient (Wildman–Crippen LogP) is 1.65. The Labute approximate surface area is 158 Å². The van der Waals surface area contributed by atoms with Crippen LogP contribution in [0.15, 0.2) is 54.6 Å². The molecule has 0 saturated carbocycles. The second-order valence-electron chi connectivity index (χ2n) is 5.97. The Bertz CT molecular complexity index is 854. The summed E-state index contributed by atoms with van der Waals surface area (Å²) in [5, 5.41) is 4.70. The van der Waals surface area contributed by atoms with Crippen molar-refractivity contribution >= 4 is 17.7 Å². The topological polar surface area (TPSA) is 101 Å². The molecule has 0 bridgehead atoms. The van der Waals surface area contributed by atoms with Gasteiger partial charge in [-0.25, -0.2) is 0 Å². The molecule has 0 heterocycles. The first-order valence-electron chi connectivity index (χ1n) is 8.25. The van der Waals surface area contributed by atoms with Crippen LogP contribution in [0.3, 0.4) is 0 Å². The number of halogens is 3. The number of carbonyl (C=O) groups is 3. The molecule has 0 saturated heterocycles. The van der Waals surface area contributed by atoms with E-state index in [4.69, 9.17) is 5.73 Å². The highest BCUT2D eigenvalue weighted by atomic mass is 19.4. The van der Waals surface area contributed by atoms with Crippen LogP contribution in [0.25, 0.3) is 0 Å². The van der Waals surface area contributed by atoms with Gasteiger partial charge in [-0.1, -0.05) is 36.4 Å². The molecule has 0 aliphatic rings. The van der Waals surface area contributed by atoms with Crippen molar-refractivity contribution in [2.75, 3.05) is 6.54 Å². The molecule has 3 amide bonds. The van der Waals surface area contributed by atoms with Gasteiger partial charge in [0.2, 0.25) is 11.8 Å². The fourth-order valence-electron chi connectivity index (χ4n) is 2.43. The largest absolute Gasteiger partial charge is 0.416 e. The third-order valence-corrected chi connectivity index (χ3v) is 3.82. The number of nitrogens with two attached hydrogens (primary N) is 1. The van der Waals surface area contributed by atoms with Crippen LogP contribution in [0.4, 0.5) is 13.2 Å². The van der Waals surface area contributed by atoms with Gasteiger partial charge < -0.3 is 16.4 Å². The predicted molar refractivity (Wildman–Crippen MR) is 95.0 cm³/mol. The highest BCUT2D eigenvalue weighted by Gasteiger charge is 2.30. The molecule has 0 radical (unpaired) electrons. The number of nitrogens with one attached hydrogen (secondary N) is 2. The average molecular weight is 393 g/mol. The first kappa shape index (κ1) is 20.9. The van der Waals surface area contributed by atoms with E-state index in [2.05, 4.69) is 10.6 Å². The molecule has 0 spiro atoms. The van der Waals surface area contributed by atoms with Crippen LogP contribution in [0.1, 0.15) is 21.5 Å². The molecule has 0 fully saturated rings. The zero-order valence-corrected chi connectivity index (χ0v) is 14.6. The monoisotopic (exact) mass is 393 g/mol. The van der Waals surface area contributed by atoms with Crippen molar-refractivity contribution in [1.29, 1.82) is 0 Å². The fraction of sp³-hybridized carbons (Fsp3) is 0.211. The lowest BCUT2D eigenvalue weighted by atomic mass is 10.0. The molecule has 0 aliphatic heterocycles. The van der Waals surface area contributed by atoms with Crippen LogP contribution >= 0.6 is 0 Å². The Morgan fingerprint density at radius 1 is 1.00 bits per heavy atom. The summed E-state index contributed by atoms with van der Waals surface area (Å²) in [5.41, 5.74) is 4.91. The van der Waals surface area contributed by atoms with Gasteiger partial charge >= 0.3 is 6.18 Å². The Hall–Kier alpha value is -3.36. The Balaban J connectivity index is 1.96. The molecule has 2 aromatic rings. The first-order valence-corrected chi connectivity index (χ1v) is 8.25. The maximum absolute atomic E-state index is 12.8. The minimum Gasteiger partial charge on any atom is -0.368 e. The van der Waals surface area contributed by atoms with Crippen LogP contribution < -0.4 is 16.4 Å². The van der Waals surface area contributed by atoms with Crippen molar-refractivity contribution < 1.29 is 27.6 Å². The fourth-order valence-corrected chi connectivity index (χ4v) is 2.43. The number of hydrogen-bond acceptors (Lipinski definition) is 3. The second kappa shape index (κ2) is 9.03. The van der Waals surface area contributed by atoms with Crippen LogP contribution in [0.2, 0.25) is 0 Å². The van der Waals surface area contributed by atoms with Crippen LogP contribution in [-0.4, -0.2) is 30.3 Å². The van der Waals surface area contributed by atoms with Gasteiger partial charge in [0.1, 0.15) is 6.04 Å². The molecule has 1 atom stereocenters.